The number of alkyl halides is 3. The third-order valence-corrected chi connectivity index (χ3v) is 4.37. The largest absolute Gasteiger partial charge is 0.446 e. The van der Waals surface area contributed by atoms with Crippen molar-refractivity contribution in [2.75, 3.05) is 0 Å². The van der Waals surface area contributed by atoms with Crippen molar-refractivity contribution in [3.8, 4) is 0 Å². The highest BCUT2D eigenvalue weighted by Gasteiger charge is 2.42. The molecule has 0 radical (unpaired) electrons. The summed E-state index contributed by atoms with van der Waals surface area (Å²) in [6.07, 6.45) is -3.51. The smallest absolute Gasteiger partial charge is 0.407 e. The van der Waals surface area contributed by atoms with Crippen molar-refractivity contribution in [1.82, 2.24) is 5.32 Å². The third-order valence-electron chi connectivity index (χ3n) is 3.84. The molecular weight excluding hydrogens is 377 g/mol. The number of hydrogen-bond donors (Lipinski definition) is 2. The Balaban J connectivity index is 2.09. The van der Waals surface area contributed by atoms with Gasteiger partial charge in [-0.3, -0.25) is 5.32 Å². The molecule has 0 saturated heterocycles. The number of nitrogens with two attached hydrogens (primary N) is 1. The van der Waals surface area contributed by atoms with Gasteiger partial charge in [-0.15, -0.1) is 0 Å². The third kappa shape index (κ3) is 5.39. The lowest BCUT2D eigenvalue weighted by Gasteiger charge is -2.33. The number of hydrogen-bond acceptors (Lipinski definition) is 3. The molecule has 0 bridgehead atoms. The molecule has 0 aromatic heterocycles. The van der Waals surface area contributed by atoms with Crippen molar-refractivity contribution in [2.24, 2.45) is 5.73 Å². The van der Waals surface area contributed by atoms with Crippen molar-refractivity contribution in [3.63, 3.8) is 0 Å². The second-order valence-corrected chi connectivity index (χ2v) is 6.53. The molecule has 3 atom stereocenters. The van der Waals surface area contributed by atoms with Gasteiger partial charge in [0, 0.05) is 10.5 Å². The number of ether oxygens (including phenoxy) is 1. The van der Waals surface area contributed by atoms with Crippen LogP contribution in [-0.2, 0) is 4.74 Å². The van der Waals surface area contributed by atoms with Gasteiger partial charge in [-0.05, 0) is 43.4 Å². The molecule has 1 aliphatic rings. The van der Waals surface area contributed by atoms with Gasteiger partial charge in [-0.2, -0.15) is 13.2 Å². The number of carbonyl (C=O) groups is 1. The zero-order valence-electron chi connectivity index (χ0n) is 12.3. The van der Waals surface area contributed by atoms with E-state index >= 15 is 0 Å². The first-order chi connectivity index (χ1) is 10.8. The summed E-state index contributed by atoms with van der Waals surface area (Å²) in [7, 11) is 0. The second kappa shape index (κ2) is 7.53. The molecule has 1 amide bonds. The summed E-state index contributed by atoms with van der Waals surface area (Å²) in [5, 5.41) is 2.66. The van der Waals surface area contributed by atoms with Crippen molar-refractivity contribution < 1.29 is 22.7 Å². The summed E-state index contributed by atoms with van der Waals surface area (Å²) in [6, 6.07) is 3.90. The van der Waals surface area contributed by atoms with E-state index in [1.54, 1.807) is 12.1 Å². The first-order valence-corrected chi connectivity index (χ1v) is 8.09. The van der Waals surface area contributed by atoms with Gasteiger partial charge in [0.2, 0.25) is 0 Å². The van der Waals surface area contributed by atoms with Crippen molar-refractivity contribution >= 4 is 22.0 Å². The Morgan fingerprint density at radius 1 is 1.30 bits per heavy atom. The maximum Gasteiger partial charge on any atom is 0.407 e. The molecule has 2 rings (SSSR count). The van der Waals surface area contributed by atoms with Crippen LogP contribution in [0.15, 0.2) is 28.7 Å². The van der Waals surface area contributed by atoms with Crippen LogP contribution in [-0.4, -0.2) is 24.4 Å². The van der Waals surface area contributed by atoms with Gasteiger partial charge in [-0.25, -0.2) is 4.79 Å². The molecule has 4 nitrogen and oxygen atoms in total. The van der Waals surface area contributed by atoms with Crippen LogP contribution in [0.1, 0.15) is 37.3 Å². The molecule has 3 N–H and O–H groups in total. The Labute approximate surface area is 140 Å². The van der Waals surface area contributed by atoms with Crippen LogP contribution in [0.25, 0.3) is 0 Å². The summed E-state index contributed by atoms with van der Waals surface area (Å²) in [5.74, 6) is 0. The average molecular weight is 395 g/mol. The van der Waals surface area contributed by atoms with E-state index in [1.807, 2.05) is 0 Å². The number of benzene rings is 1. The fourth-order valence-corrected chi connectivity index (χ4v) is 3.10. The van der Waals surface area contributed by atoms with E-state index in [9.17, 15) is 18.0 Å². The predicted molar refractivity (Wildman–Crippen MR) is 82.8 cm³/mol. The highest BCUT2D eigenvalue weighted by molar-refractivity contribution is 9.10. The molecule has 1 aromatic carbocycles. The molecule has 23 heavy (non-hydrogen) atoms. The molecule has 1 saturated carbocycles. The van der Waals surface area contributed by atoms with Gasteiger partial charge < -0.3 is 10.5 Å². The van der Waals surface area contributed by atoms with Crippen LogP contribution < -0.4 is 11.1 Å². The second-order valence-electron chi connectivity index (χ2n) is 5.62. The minimum atomic E-state index is -4.41. The number of primary amides is 1. The van der Waals surface area contributed by atoms with Crippen LogP contribution in [0.2, 0.25) is 0 Å². The van der Waals surface area contributed by atoms with Gasteiger partial charge in [0.05, 0.1) is 0 Å². The highest BCUT2D eigenvalue weighted by Crippen LogP contribution is 2.35. The average Bonchev–Trinajstić information content (AvgIpc) is 2.44. The van der Waals surface area contributed by atoms with E-state index in [1.165, 1.54) is 12.1 Å². The van der Waals surface area contributed by atoms with E-state index in [2.05, 4.69) is 21.2 Å². The van der Waals surface area contributed by atoms with Gasteiger partial charge in [0.25, 0.3) is 0 Å². The van der Waals surface area contributed by atoms with Crippen molar-refractivity contribution in [1.29, 1.82) is 0 Å². The van der Waals surface area contributed by atoms with Crippen LogP contribution in [0.5, 0.6) is 0 Å². The highest BCUT2D eigenvalue weighted by atomic mass is 79.9. The predicted octanol–water partition coefficient (Wildman–Crippen LogP) is 4.05. The molecule has 1 fully saturated rings. The summed E-state index contributed by atoms with van der Waals surface area (Å²) in [5.41, 5.74) is 5.13. The topological polar surface area (TPSA) is 64.4 Å². The van der Waals surface area contributed by atoms with Gasteiger partial charge >= 0.3 is 12.3 Å². The van der Waals surface area contributed by atoms with Gasteiger partial charge in [0.15, 0.2) is 0 Å². The zero-order chi connectivity index (χ0) is 17.0. The molecule has 0 unspecified atom stereocenters. The number of amides is 1. The summed E-state index contributed by atoms with van der Waals surface area (Å²) in [6.45, 7) is 0. The van der Waals surface area contributed by atoms with Crippen LogP contribution in [0.4, 0.5) is 18.0 Å². The van der Waals surface area contributed by atoms with Crippen molar-refractivity contribution in [3.05, 3.63) is 34.3 Å². The maximum atomic E-state index is 13.4. The van der Waals surface area contributed by atoms with E-state index in [0.717, 1.165) is 4.47 Å². The minimum absolute atomic E-state index is 0.152. The Morgan fingerprint density at radius 2 is 1.96 bits per heavy atom. The van der Waals surface area contributed by atoms with E-state index in [4.69, 9.17) is 10.5 Å². The fourth-order valence-electron chi connectivity index (χ4n) is 2.84. The SMILES string of the molecule is NC(=O)O[C@@H]1CCC[C@H](N[C@H](c2ccc(Br)cc2)C(F)(F)F)C1. The standard InChI is InChI=1S/C15H18BrF3N2O2/c16-10-6-4-9(5-7-10)13(15(17,18)19)21-11-2-1-3-12(8-11)23-14(20)22/h4-7,11-13,21H,1-3,8H2,(H2,20,22)/t11-,12+,13+/m0/s1. The van der Waals surface area contributed by atoms with Crippen LogP contribution >= 0.6 is 15.9 Å². The number of nitrogens with one attached hydrogen (secondary N) is 1. The molecule has 8 heteroatoms. The number of carbonyl (C=O) groups excluding carboxylic acids is 1. The Morgan fingerprint density at radius 3 is 2.52 bits per heavy atom. The Hall–Kier alpha value is -1.28. The van der Waals surface area contributed by atoms with Crippen molar-refractivity contribution in [2.45, 2.75) is 50.0 Å². The molecule has 1 aromatic rings. The van der Waals surface area contributed by atoms with Gasteiger partial charge in [0.1, 0.15) is 12.1 Å². The van der Waals surface area contributed by atoms with Crippen LogP contribution in [0.3, 0.4) is 0 Å². The normalized spacial score (nSPS) is 23.3. The molecule has 0 aliphatic heterocycles. The Bertz CT molecular complexity index is 537. The minimum Gasteiger partial charge on any atom is -0.446 e. The lowest BCUT2D eigenvalue weighted by Crippen LogP contribution is -2.44. The summed E-state index contributed by atoms with van der Waals surface area (Å²) < 4.78 is 45.8. The molecule has 1 aliphatic carbocycles. The van der Waals surface area contributed by atoms with E-state index < -0.39 is 24.4 Å². The van der Waals surface area contributed by atoms with E-state index in [0.29, 0.717) is 25.7 Å². The number of halogens is 4. The molecular formula is C15H18BrF3N2O2. The first-order valence-electron chi connectivity index (χ1n) is 7.30. The molecule has 0 spiro atoms. The van der Waals surface area contributed by atoms with E-state index in [-0.39, 0.29) is 11.6 Å². The zero-order valence-corrected chi connectivity index (χ0v) is 13.9. The number of rotatable bonds is 4. The lowest BCUT2D eigenvalue weighted by atomic mass is 9.91. The maximum absolute atomic E-state index is 13.4. The molecule has 0 heterocycles. The summed E-state index contributed by atoms with van der Waals surface area (Å²) >= 11 is 3.21. The fraction of sp³-hybridized carbons (Fsp3) is 0.533. The first kappa shape index (κ1) is 18.1. The monoisotopic (exact) mass is 394 g/mol. The lowest BCUT2D eigenvalue weighted by molar-refractivity contribution is -0.160. The van der Waals surface area contributed by atoms with Gasteiger partial charge in [-0.1, -0.05) is 28.1 Å². The summed E-state index contributed by atoms with van der Waals surface area (Å²) in [4.78, 5) is 10.8. The molecule has 128 valence electrons. The quantitative estimate of drug-likeness (QED) is 0.809. The van der Waals surface area contributed by atoms with Crippen LogP contribution in [0, 0.1) is 0 Å². The Kier molecular flexibility index (Phi) is 5.91.